The van der Waals surface area contributed by atoms with E-state index >= 15 is 0 Å². The van der Waals surface area contributed by atoms with E-state index in [1.807, 2.05) is 0 Å². The Morgan fingerprint density at radius 1 is 1.70 bits per heavy atom. The third-order valence-corrected chi connectivity index (χ3v) is 1.32. The zero-order valence-electron chi connectivity index (χ0n) is 5.95. The molecular weight excluding hydrogens is 134 g/mol. The van der Waals surface area contributed by atoms with Crippen molar-refractivity contribution in [1.82, 2.24) is 0 Å². The van der Waals surface area contributed by atoms with E-state index in [1.54, 1.807) is 6.92 Å². The van der Waals surface area contributed by atoms with Crippen molar-refractivity contribution in [3.8, 4) is 0 Å². The molecule has 4 N–H and O–H groups in total. The number of aliphatic hydroxyl groups is 1. The highest BCUT2D eigenvalue weighted by atomic mass is 16.4. The van der Waals surface area contributed by atoms with E-state index in [2.05, 4.69) is 0 Å². The molecule has 0 saturated carbocycles. The van der Waals surface area contributed by atoms with Gasteiger partial charge < -0.3 is 15.9 Å². The van der Waals surface area contributed by atoms with Crippen LogP contribution in [0.5, 0.6) is 0 Å². The Balaban J connectivity index is 3.61. The summed E-state index contributed by atoms with van der Waals surface area (Å²) in [6.45, 7) is 1.76. The minimum Gasteiger partial charge on any atom is -0.481 e. The van der Waals surface area contributed by atoms with Gasteiger partial charge in [-0.3, -0.25) is 4.79 Å². The minimum absolute atomic E-state index is 0.172. The zero-order valence-corrected chi connectivity index (χ0v) is 5.95. The standard InChI is InChI=1S/C6H13NO3/c1-2-5(8)4(7)3-6(9)10/h4-5,8H,2-3,7H2,1H3,(H,9,10). The molecule has 0 spiro atoms. The van der Waals surface area contributed by atoms with Crippen LogP contribution >= 0.6 is 0 Å². The number of nitrogens with two attached hydrogens (primary N) is 1. The molecule has 0 fully saturated rings. The maximum Gasteiger partial charge on any atom is 0.305 e. The summed E-state index contributed by atoms with van der Waals surface area (Å²) < 4.78 is 0. The number of carbonyl (C=O) groups is 1. The lowest BCUT2D eigenvalue weighted by Gasteiger charge is -2.13. The third-order valence-electron chi connectivity index (χ3n) is 1.32. The van der Waals surface area contributed by atoms with Gasteiger partial charge in [-0.2, -0.15) is 0 Å². The maximum absolute atomic E-state index is 10.0. The highest BCUT2D eigenvalue weighted by Gasteiger charge is 2.15. The number of hydrogen-bond donors (Lipinski definition) is 3. The zero-order chi connectivity index (χ0) is 8.15. The number of hydrogen-bond acceptors (Lipinski definition) is 3. The second-order valence-electron chi connectivity index (χ2n) is 2.24. The lowest BCUT2D eigenvalue weighted by molar-refractivity contribution is -0.138. The molecular formula is C6H13NO3. The summed E-state index contributed by atoms with van der Waals surface area (Å²) >= 11 is 0. The Morgan fingerprint density at radius 2 is 2.20 bits per heavy atom. The van der Waals surface area contributed by atoms with Crippen LogP contribution in [0.2, 0.25) is 0 Å². The molecule has 0 aromatic heterocycles. The molecule has 0 aliphatic carbocycles. The lowest BCUT2D eigenvalue weighted by Crippen LogP contribution is -2.36. The van der Waals surface area contributed by atoms with Crippen molar-refractivity contribution in [1.29, 1.82) is 0 Å². The molecule has 0 saturated heterocycles. The monoisotopic (exact) mass is 147 g/mol. The van der Waals surface area contributed by atoms with Crippen LogP contribution in [0.1, 0.15) is 19.8 Å². The predicted octanol–water partition coefficient (Wildman–Crippen LogP) is -0.441. The number of carboxylic acid groups (broad SMARTS) is 1. The van der Waals surface area contributed by atoms with Crippen molar-refractivity contribution in [2.24, 2.45) is 5.73 Å². The van der Waals surface area contributed by atoms with Gasteiger partial charge in [0.05, 0.1) is 12.5 Å². The summed E-state index contributed by atoms with van der Waals surface area (Å²) in [7, 11) is 0. The molecule has 0 amide bonds. The first kappa shape index (κ1) is 9.39. The topological polar surface area (TPSA) is 83.5 Å². The van der Waals surface area contributed by atoms with Crippen LogP contribution in [0.4, 0.5) is 0 Å². The molecule has 10 heavy (non-hydrogen) atoms. The Hall–Kier alpha value is -0.610. The fourth-order valence-electron chi connectivity index (χ4n) is 0.640. The minimum atomic E-state index is -0.972. The predicted molar refractivity (Wildman–Crippen MR) is 36.5 cm³/mol. The molecule has 0 aliphatic rings. The first-order valence-corrected chi connectivity index (χ1v) is 3.23. The van der Waals surface area contributed by atoms with E-state index in [0.29, 0.717) is 6.42 Å². The lowest BCUT2D eigenvalue weighted by atomic mass is 10.1. The van der Waals surface area contributed by atoms with Crippen LogP contribution in [0, 0.1) is 0 Å². The van der Waals surface area contributed by atoms with Gasteiger partial charge in [0.25, 0.3) is 0 Å². The van der Waals surface area contributed by atoms with Crippen LogP contribution in [0.25, 0.3) is 0 Å². The quantitative estimate of drug-likeness (QED) is 0.503. The van der Waals surface area contributed by atoms with Gasteiger partial charge in [0, 0.05) is 6.04 Å². The smallest absolute Gasteiger partial charge is 0.305 e. The van der Waals surface area contributed by atoms with Crippen molar-refractivity contribution >= 4 is 5.97 Å². The first-order chi connectivity index (χ1) is 4.57. The largest absolute Gasteiger partial charge is 0.481 e. The summed E-state index contributed by atoms with van der Waals surface area (Å²) in [5, 5.41) is 17.2. The van der Waals surface area contributed by atoms with Gasteiger partial charge in [0.15, 0.2) is 0 Å². The average molecular weight is 147 g/mol. The molecule has 2 atom stereocenters. The molecule has 2 unspecified atom stereocenters. The molecule has 0 rings (SSSR count). The van der Waals surface area contributed by atoms with Crippen LogP contribution in [0.15, 0.2) is 0 Å². The Bertz CT molecular complexity index is 116. The van der Waals surface area contributed by atoms with Gasteiger partial charge in [-0.15, -0.1) is 0 Å². The Morgan fingerprint density at radius 3 is 2.50 bits per heavy atom. The van der Waals surface area contributed by atoms with E-state index in [9.17, 15) is 4.79 Å². The van der Waals surface area contributed by atoms with Gasteiger partial charge in [-0.05, 0) is 6.42 Å². The van der Waals surface area contributed by atoms with Crippen molar-refractivity contribution in [3.05, 3.63) is 0 Å². The number of aliphatic carboxylic acids is 1. The van der Waals surface area contributed by atoms with Crippen LogP contribution < -0.4 is 5.73 Å². The number of aliphatic hydroxyl groups excluding tert-OH is 1. The summed E-state index contributed by atoms with van der Waals surface area (Å²) in [6.07, 6.45) is -0.375. The summed E-state index contributed by atoms with van der Waals surface area (Å²) in [4.78, 5) is 10.0. The van der Waals surface area contributed by atoms with E-state index in [1.165, 1.54) is 0 Å². The van der Waals surface area contributed by atoms with Crippen molar-refractivity contribution in [3.63, 3.8) is 0 Å². The fourth-order valence-corrected chi connectivity index (χ4v) is 0.640. The van der Waals surface area contributed by atoms with Crippen molar-refractivity contribution in [2.75, 3.05) is 0 Å². The van der Waals surface area contributed by atoms with E-state index in [0.717, 1.165) is 0 Å². The highest BCUT2D eigenvalue weighted by Crippen LogP contribution is 1.99. The van der Waals surface area contributed by atoms with Crippen LogP contribution in [-0.4, -0.2) is 28.3 Å². The first-order valence-electron chi connectivity index (χ1n) is 3.23. The molecule has 0 aromatic rings. The molecule has 0 heterocycles. The Labute approximate surface area is 59.7 Å². The van der Waals surface area contributed by atoms with Gasteiger partial charge in [-0.25, -0.2) is 0 Å². The second-order valence-corrected chi connectivity index (χ2v) is 2.24. The maximum atomic E-state index is 10.0. The van der Waals surface area contributed by atoms with Gasteiger partial charge in [0.2, 0.25) is 0 Å². The molecule has 0 bridgehead atoms. The molecule has 0 aliphatic heterocycles. The molecule has 60 valence electrons. The highest BCUT2D eigenvalue weighted by molar-refractivity contribution is 5.67. The van der Waals surface area contributed by atoms with E-state index < -0.39 is 18.1 Å². The summed E-state index contributed by atoms with van der Waals surface area (Å²) in [6, 6.07) is -0.637. The summed E-state index contributed by atoms with van der Waals surface area (Å²) in [5.74, 6) is -0.972. The number of carboxylic acids is 1. The normalized spacial score (nSPS) is 16.3. The van der Waals surface area contributed by atoms with Crippen molar-refractivity contribution < 1.29 is 15.0 Å². The fraction of sp³-hybridized carbons (Fsp3) is 0.833. The molecule has 0 aromatic carbocycles. The molecule has 0 radical (unpaired) electrons. The molecule has 4 nitrogen and oxygen atoms in total. The average Bonchev–Trinajstić information content (AvgIpc) is 1.85. The van der Waals surface area contributed by atoms with Gasteiger partial charge >= 0.3 is 5.97 Å². The second kappa shape index (κ2) is 4.24. The van der Waals surface area contributed by atoms with Crippen molar-refractivity contribution in [2.45, 2.75) is 31.9 Å². The SMILES string of the molecule is CCC(O)C(N)CC(=O)O. The molecule has 4 heteroatoms. The van der Waals surface area contributed by atoms with E-state index in [4.69, 9.17) is 15.9 Å². The Kier molecular flexibility index (Phi) is 3.99. The van der Waals surface area contributed by atoms with Gasteiger partial charge in [0.1, 0.15) is 0 Å². The van der Waals surface area contributed by atoms with Crippen LogP contribution in [-0.2, 0) is 4.79 Å². The number of rotatable bonds is 4. The van der Waals surface area contributed by atoms with Gasteiger partial charge in [-0.1, -0.05) is 6.92 Å². The van der Waals surface area contributed by atoms with E-state index in [-0.39, 0.29) is 6.42 Å². The summed E-state index contributed by atoms with van der Waals surface area (Å²) in [5.41, 5.74) is 5.30. The van der Waals surface area contributed by atoms with Crippen LogP contribution in [0.3, 0.4) is 0 Å². The third kappa shape index (κ3) is 3.42.